The van der Waals surface area contributed by atoms with Crippen LogP contribution in [0.15, 0.2) is 53.0 Å². The molecule has 0 saturated heterocycles. The zero-order chi connectivity index (χ0) is 40.6. The normalized spacial score (nSPS) is 14.4. The maximum absolute atomic E-state index is 12.6. The fourth-order valence-corrected chi connectivity index (χ4v) is 6.40. The number of aliphatic hydroxyl groups is 1. The first-order chi connectivity index (χ1) is 26.5. The Morgan fingerprint density at radius 3 is 2.00 bits per heavy atom. The van der Waals surface area contributed by atoms with Crippen LogP contribution in [-0.2, 0) is 45.5 Å². The van der Waals surface area contributed by atoms with Crippen molar-refractivity contribution < 1.29 is 47.1 Å². The summed E-state index contributed by atoms with van der Waals surface area (Å²) in [6.07, 6.45) is 30.6. The van der Waals surface area contributed by atoms with Crippen LogP contribution >= 0.6 is 7.82 Å². The molecule has 0 fully saturated rings. The molecule has 0 bridgehead atoms. The Balaban J connectivity index is 2.34. The lowest BCUT2D eigenvalue weighted by Gasteiger charge is -2.19. The van der Waals surface area contributed by atoms with Gasteiger partial charge in [-0.15, -0.1) is 0 Å². The summed E-state index contributed by atoms with van der Waals surface area (Å²) in [4.78, 5) is 34.9. The minimum Gasteiger partial charge on any atom is -0.466 e. The number of hydrogen-bond donors (Lipinski definition) is 3. The molecule has 4 N–H and O–H groups in total. The molecule has 0 aliphatic carbocycles. The molecular formula is C43H72NO10P. The Bertz CT molecular complexity index is 1330. The predicted octanol–water partition coefficient (Wildman–Crippen LogP) is 9.79. The van der Waals surface area contributed by atoms with E-state index in [0.29, 0.717) is 19.3 Å². The summed E-state index contributed by atoms with van der Waals surface area (Å²) < 4.78 is 38.8. The molecule has 0 aliphatic heterocycles. The first kappa shape index (κ1) is 50.2. The van der Waals surface area contributed by atoms with Gasteiger partial charge in [-0.1, -0.05) is 101 Å². The first-order valence-electron chi connectivity index (χ1n) is 20.6. The van der Waals surface area contributed by atoms with Gasteiger partial charge in [0.1, 0.15) is 18.1 Å². The van der Waals surface area contributed by atoms with E-state index in [1.165, 1.54) is 11.1 Å². The molecule has 0 aliphatic rings. The SMILES string of the molecule is CCCC[C@H](O)/C=C\C/C=C\C/C=C\C/C=C\CCCC(=O)OC[C@H](COP(=O)(O)OCCN)OC(=O)CCCCCCCCc1oc(CCC)c(C)c1C. The molecule has 0 amide bonds. The predicted molar refractivity (Wildman–Crippen MR) is 220 cm³/mol. The minimum atomic E-state index is -4.41. The van der Waals surface area contributed by atoms with Gasteiger partial charge < -0.3 is 29.6 Å². The van der Waals surface area contributed by atoms with Crippen molar-refractivity contribution in [1.82, 2.24) is 0 Å². The van der Waals surface area contributed by atoms with E-state index in [1.807, 2.05) is 24.3 Å². The average molecular weight is 794 g/mol. The number of hydrogen-bond acceptors (Lipinski definition) is 10. The number of esters is 2. The van der Waals surface area contributed by atoms with Gasteiger partial charge in [0.2, 0.25) is 0 Å². The number of unbranched alkanes of at least 4 members (excludes halogenated alkanes) is 7. The quantitative estimate of drug-likeness (QED) is 0.0263. The van der Waals surface area contributed by atoms with Crippen molar-refractivity contribution in [3.8, 4) is 0 Å². The molecular weight excluding hydrogens is 721 g/mol. The summed E-state index contributed by atoms with van der Waals surface area (Å²) in [6.45, 7) is 7.62. The first-order valence-corrected chi connectivity index (χ1v) is 22.1. The highest BCUT2D eigenvalue weighted by atomic mass is 31.2. The van der Waals surface area contributed by atoms with Crippen molar-refractivity contribution in [2.45, 2.75) is 162 Å². The molecule has 1 heterocycles. The third-order valence-electron chi connectivity index (χ3n) is 8.96. The fourth-order valence-electron chi connectivity index (χ4n) is 5.63. The number of phosphoric acid groups is 1. The highest BCUT2D eigenvalue weighted by Gasteiger charge is 2.26. The molecule has 1 aromatic heterocycles. The smallest absolute Gasteiger partial charge is 0.466 e. The largest absolute Gasteiger partial charge is 0.472 e. The Morgan fingerprint density at radius 2 is 1.35 bits per heavy atom. The van der Waals surface area contributed by atoms with Crippen molar-refractivity contribution in [2.75, 3.05) is 26.4 Å². The number of ether oxygens (including phenoxy) is 2. The van der Waals surface area contributed by atoms with Gasteiger partial charge in [0.05, 0.1) is 19.3 Å². The Kier molecular flexibility index (Phi) is 29.5. The van der Waals surface area contributed by atoms with E-state index in [1.54, 1.807) is 0 Å². The molecule has 11 nitrogen and oxygen atoms in total. The molecule has 1 unspecified atom stereocenters. The third-order valence-corrected chi connectivity index (χ3v) is 9.95. The van der Waals surface area contributed by atoms with Crippen LogP contribution in [0.1, 0.15) is 146 Å². The molecule has 12 heteroatoms. The van der Waals surface area contributed by atoms with Crippen molar-refractivity contribution >= 4 is 19.8 Å². The number of carbonyl (C=O) groups is 2. The van der Waals surface area contributed by atoms with E-state index in [2.05, 4.69) is 52.0 Å². The van der Waals surface area contributed by atoms with Gasteiger partial charge in [0, 0.05) is 32.2 Å². The Hall–Kier alpha value is -2.79. The molecule has 0 spiro atoms. The van der Waals surface area contributed by atoms with Crippen LogP contribution in [-0.4, -0.2) is 60.5 Å². The number of allylic oxidation sites excluding steroid dienone is 7. The molecule has 314 valence electrons. The second-order valence-electron chi connectivity index (χ2n) is 13.9. The maximum atomic E-state index is 12.6. The topological polar surface area (TPSA) is 168 Å². The van der Waals surface area contributed by atoms with Gasteiger partial charge in [-0.3, -0.25) is 18.6 Å². The van der Waals surface area contributed by atoms with Gasteiger partial charge >= 0.3 is 19.8 Å². The van der Waals surface area contributed by atoms with Crippen LogP contribution < -0.4 is 5.73 Å². The van der Waals surface area contributed by atoms with E-state index in [4.69, 9.17) is 28.7 Å². The lowest BCUT2D eigenvalue weighted by molar-refractivity contribution is -0.161. The maximum Gasteiger partial charge on any atom is 0.472 e. The molecule has 0 saturated carbocycles. The molecule has 3 atom stereocenters. The summed E-state index contributed by atoms with van der Waals surface area (Å²) in [6, 6.07) is 0. The second-order valence-corrected chi connectivity index (χ2v) is 15.4. The molecule has 0 radical (unpaired) electrons. The summed E-state index contributed by atoms with van der Waals surface area (Å²) in [5, 5.41) is 9.81. The lowest BCUT2D eigenvalue weighted by atomic mass is 10.0. The Morgan fingerprint density at radius 1 is 0.745 bits per heavy atom. The van der Waals surface area contributed by atoms with Gasteiger partial charge in [-0.05, 0) is 82.8 Å². The highest BCUT2D eigenvalue weighted by Crippen LogP contribution is 2.43. The van der Waals surface area contributed by atoms with Crippen LogP contribution in [0.4, 0.5) is 0 Å². The highest BCUT2D eigenvalue weighted by molar-refractivity contribution is 7.47. The molecule has 1 rings (SSSR count). The van der Waals surface area contributed by atoms with E-state index >= 15 is 0 Å². The van der Waals surface area contributed by atoms with E-state index in [-0.39, 0.29) is 38.7 Å². The number of furan rings is 1. The summed E-state index contributed by atoms with van der Waals surface area (Å²) in [7, 11) is -4.41. The van der Waals surface area contributed by atoms with Crippen LogP contribution in [0, 0.1) is 13.8 Å². The number of aliphatic hydroxyl groups excluding tert-OH is 1. The number of carbonyl (C=O) groups excluding carboxylic acids is 2. The standard InChI is InChI=1S/C43H72NO10P/c1-5-7-27-38(45)28-22-18-14-12-10-8-9-11-13-15-20-24-30-42(46)50-34-39(35-52-55(48,49)51-33-32-44)53-43(47)31-25-21-17-16-19-23-29-41-37(4)36(3)40(54-41)26-6-2/h8-9,12-15,22,28,38-39,45H,5-7,10-11,16-21,23-27,29-35,44H2,1-4H3,(H,48,49)/b9-8-,14-12-,15-13-,28-22-/t38-,39+/m0/s1. The summed E-state index contributed by atoms with van der Waals surface area (Å²) in [5.74, 6) is 1.26. The van der Waals surface area contributed by atoms with E-state index in [0.717, 1.165) is 101 Å². The fraction of sp³-hybridized carbons (Fsp3) is 0.674. The number of aryl methyl sites for hydroxylation is 2. The van der Waals surface area contributed by atoms with Gasteiger partial charge in [-0.2, -0.15) is 0 Å². The van der Waals surface area contributed by atoms with Crippen LogP contribution in [0.25, 0.3) is 0 Å². The second kappa shape index (κ2) is 32.3. The van der Waals surface area contributed by atoms with Gasteiger partial charge in [-0.25, -0.2) is 4.57 Å². The number of phosphoric ester groups is 1. The zero-order valence-electron chi connectivity index (χ0n) is 34.2. The van der Waals surface area contributed by atoms with Crippen LogP contribution in [0.3, 0.4) is 0 Å². The minimum absolute atomic E-state index is 0.0296. The monoisotopic (exact) mass is 793 g/mol. The van der Waals surface area contributed by atoms with Crippen molar-refractivity contribution in [2.24, 2.45) is 5.73 Å². The summed E-state index contributed by atoms with van der Waals surface area (Å²) >= 11 is 0. The van der Waals surface area contributed by atoms with Crippen molar-refractivity contribution in [3.63, 3.8) is 0 Å². The number of nitrogens with two attached hydrogens (primary N) is 1. The van der Waals surface area contributed by atoms with Gasteiger partial charge in [0.15, 0.2) is 6.10 Å². The molecule has 55 heavy (non-hydrogen) atoms. The molecule has 1 aromatic rings. The molecule has 0 aromatic carbocycles. The summed E-state index contributed by atoms with van der Waals surface area (Å²) in [5.41, 5.74) is 7.89. The van der Waals surface area contributed by atoms with Crippen LogP contribution in [0.5, 0.6) is 0 Å². The number of rotatable bonds is 34. The van der Waals surface area contributed by atoms with Crippen molar-refractivity contribution in [1.29, 1.82) is 0 Å². The third kappa shape index (κ3) is 26.7. The van der Waals surface area contributed by atoms with E-state index in [9.17, 15) is 24.2 Å². The average Bonchev–Trinajstić information content (AvgIpc) is 3.43. The lowest BCUT2D eigenvalue weighted by Crippen LogP contribution is -2.29. The van der Waals surface area contributed by atoms with Crippen LogP contribution in [0.2, 0.25) is 0 Å². The Labute approximate surface area is 331 Å². The van der Waals surface area contributed by atoms with Crippen molar-refractivity contribution in [3.05, 3.63) is 71.3 Å². The van der Waals surface area contributed by atoms with Gasteiger partial charge in [0.25, 0.3) is 0 Å². The zero-order valence-corrected chi connectivity index (χ0v) is 35.1. The van der Waals surface area contributed by atoms with E-state index < -0.39 is 32.5 Å².